The van der Waals surface area contributed by atoms with Crippen molar-refractivity contribution < 1.29 is 14.2 Å². The Morgan fingerprint density at radius 3 is 2.78 bits per heavy atom. The zero-order valence-electron chi connectivity index (χ0n) is 11.0. The number of anilines is 1. The first kappa shape index (κ1) is 13.1. The van der Waals surface area contributed by atoms with Crippen LogP contribution in [0.1, 0.15) is 27.2 Å². The van der Waals surface area contributed by atoms with Gasteiger partial charge in [0.2, 0.25) is 0 Å². The van der Waals surface area contributed by atoms with E-state index in [0.29, 0.717) is 18.8 Å². The number of aliphatic hydroxyl groups is 1. The molecule has 2 rings (SSSR count). The second kappa shape index (κ2) is 4.76. The van der Waals surface area contributed by atoms with Crippen LogP contribution in [-0.2, 0) is 0 Å². The highest BCUT2D eigenvalue weighted by Gasteiger charge is 2.47. The smallest absolute Gasteiger partial charge is 0.145 e. The topological polar surface area (TPSA) is 41.5 Å². The molecule has 0 aromatic heterocycles. The van der Waals surface area contributed by atoms with Crippen molar-refractivity contribution in [3.63, 3.8) is 0 Å². The highest BCUT2D eigenvalue weighted by Crippen LogP contribution is 2.43. The van der Waals surface area contributed by atoms with Gasteiger partial charge in [0.25, 0.3) is 0 Å². The zero-order valence-corrected chi connectivity index (χ0v) is 11.0. The molecule has 2 unspecified atom stereocenters. The zero-order chi connectivity index (χ0) is 13.3. The third kappa shape index (κ3) is 2.29. The molecule has 1 aliphatic rings. The van der Waals surface area contributed by atoms with Crippen LogP contribution in [0.5, 0.6) is 5.75 Å². The van der Waals surface area contributed by atoms with Gasteiger partial charge >= 0.3 is 0 Å². The van der Waals surface area contributed by atoms with Gasteiger partial charge in [-0.15, -0.1) is 0 Å². The van der Waals surface area contributed by atoms with Crippen molar-refractivity contribution >= 4 is 5.69 Å². The molecule has 2 atom stereocenters. The molecule has 4 heteroatoms. The molecule has 0 heterocycles. The Morgan fingerprint density at radius 1 is 1.50 bits per heavy atom. The van der Waals surface area contributed by atoms with Crippen LogP contribution in [0.3, 0.4) is 0 Å². The van der Waals surface area contributed by atoms with Gasteiger partial charge in [-0.05, 0) is 25.5 Å². The summed E-state index contributed by atoms with van der Waals surface area (Å²) in [6.07, 6.45) is 0.418. The van der Waals surface area contributed by atoms with E-state index in [-0.39, 0.29) is 23.4 Å². The first-order valence-corrected chi connectivity index (χ1v) is 6.32. The van der Waals surface area contributed by atoms with Crippen LogP contribution in [0.2, 0.25) is 0 Å². The number of rotatable bonds is 4. The Kier molecular flexibility index (Phi) is 3.48. The van der Waals surface area contributed by atoms with E-state index in [1.165, 1.54) is 12.1 Å². The van der Waals surface area contributed by atoms with Crippen molar-refractivity contribution in [1.29, 1.82) is 0 Å². The standard InChI is InChI=1S/C14H20FNO2/c1-4-18-11-7-9(15)5-6-10(11)16-12-8-13(17)14(12,2)3/h5-7,12-13,16-17H,4,8H2,1-3H3. The van der Waals surface area contributed by atoms with E-state index in [2.05, 4.69) is 5.32 Å². The van der Waals surface area contributed by atoms with Crippen molar-refractivity contribution in [3.05, 3.63) is 24.0 Å². The van der Waals surface area contributed by atoms with Gasteiger partial charge in [0, 0.05) is 17.5 Å². The third-order valence-corrected chi connectivity index (χ3v) is 3.79. The SMILES string of the molecule is CCOc1cc(F)ccc1NC1CC(O)C1(C)C. The Bertz CT molecular complexity index is 434. The number of halogens is 1. The maximum Gasteiger partial charge on any atom is 0.145 e. The van der Waals surface area contributed by atoms with Crippen molar-refractivity contribution in [2.24, 2.45) is 5.41 Å². The Morgan fingerprint density at radius 2 is 2.22 bits per heavy atom. The van der Waals surface area contributed by atoms with Crippen LogP contribution < -0.4 is 10.1 Å². The molecule has 3 nitrogen and oxygen atoms in total. The van der Waals surface area contributed by atoms with E-state index in [1.54, 1.807) is 6.07 Å². The molecular weight excluding hydrogens is 233 g/mol. The minimum atomic E-state index is -0.308. The normalized spacial score (nSPS) is 25.4. The first-order chi connectivity index (χ1) is 8.45. The van der Waals surface area contributed by atoms with Crippen molar-refractivity contribution in [2.75, 3.05) is 11.9 Å². The monoisotopic (exact) mass is 253 g/mol. The highest BCUT2D eigenvalue weighted by molar-refractivity contribution is 5.57. The molecule has 0 bridgehead atoms. The Labute approximate surface area is 107 Å². The number of ether oxygens (including phenoxy) is 1. The molecule has 0 spiro atoms. The summed E-state index contributed by atoms with van der Waals surface area (Å²) in [5, 5.41) is 13.0. The lowest BCUT2D eigenvalue weighted by Gasteiger charge is -2.50. The lowest BCUT2D eigenvalue weighted by atomic mass is 9.64. The summed E-state index contributed by atoms with van der Waals surface area (Å²) in [5.74, 6) is 0.214. The second-order valence-corrected chi connectivity index (χ2v) is 5.34. The summed E-state index contributed by atoms with van der Waals surface area (Å²) < 4.78 is 18.6. The second-order valence-electron chi connectivity index (χ2n) is 5.34. The minimum absolute atomic E-state index is 0.169. The minimum Gasteiger partial charge on any atom is -0.492 e. The molecule has 1 saturated carbocycles. The predicted octanol–water partition coefficient (Wildman–Crippen LogP) is 2.80. The molecule has 1 aromatic carbocycles. The summed E-state index contributed by atoms with van der Waals surface area (Å²) in [6.45, 7) is 6.39. The number of nitrogens with one attached hydrogen (secondary N) is 1. The molecule has 0 amide bonds. The lowest BCUT2D eigenvalue weighted by Crippen LogP contribution is -2.56. The van der Waals surface area contributed by atoms with Crippen LogP contribution in [0.4, 0.5) is 10.1 Å². The van der Waals surface area contributed by atoms with E-state index in [4.69, 9.17) is 4.74 Å². The van der Waals surface area contributed by atoms with Crippen molar-refractivity contribution in [1.82, 2.24) is 0 Å². The summed E-state index contributed by atoms with van der Waals surface area (Å²) in [6, 6.07) is 4.65. The van der Waals surface area contributed by atoms with Gasteiger partial charge in [-0.25, -0.2) is 4.39 Å². The molecule has 100 valence electrons. The van der Waals surface area contributed by atoms with Crippen LogP contribution in [0, 0.1) is 11.2 Å². The van der Waals surface area contributed by atoms with Gasteiger partial charge in [-0.3, -0.25) is 0 Å². The average Bonchev–Trinajstić information content (AvgIpc) is 2.32. The van der Waals surface area contributed by atoms with Gasteiger partial charge in [-0.2, -0.15) is 0 Å². The molecular formula is C14H20FNO2. The van der Waals surface area contributed by atoms with Gasteiger partial charge in [0.1, 0.15) is 11.6 Å². The van der Waals surface area contributed by atoms with E-state index in [9.17, 15) is 9.50 Å². The van der Waals surface area contributed by atoms with Crippen molar-refractivity contribution in [3.8, 4) is 5.75 Å². The molecule has 0 radical (unpaired) electrons. The maximum absolute atomic E-state index is 13.2. The lowest BCUT2D eigenvalue weighted by molar-refractivity contribution is -0.0511. The fraction of sp³-hybridized carbons (Fsp3) is 0.571. The summed E-state index contributed by atoms with van der Waals surface area (Å²) in [5.41, 5.74) is 0.612. The van der Waals surface area contributed by atoms with E-state index >= 15 is 0 Å². The number of aliphatic hydroxyl groups excluding tert-OH is 1. The van der Waals surface area contributed by atoms with Crippen LogP contribution in [-0.4, -0.2) is 23.9 Å². The summed E-state index contributed by atoms with van der Waals surface area (Å²) >= 11 is 0. The molecule has 0 aliphatic heterocycles. The van der Waals surface area contributed by atoms with E-state index in [0.717, 1.165) is 5.69 Å². The average molecular weight is 253 g/mol. The molecule has 0 saturated heterocycles. The van der Waals surface area contributed by atoms with E-state index < -0.39 is 0 Å². The van der Waals surface area contributed by atoms with Gasteiger partial charge in [-0.1, -0.05) is 13.8 Å². The summed E-state index contributed by atoms with van der Waals surface area (Å²) in [4.78, 5) is 0. The van der Waals surface area contributed by atoms with Crippen LogP contribution in [0.25, 0.3) is 0 Å². The van der Waals surface area contributed by atoms with Crippen molar-refractivity contribution in [2.45, 2.75) is 39.3 Å². The Balaban J connectivity index is 2.14. The Hall–Kier alpha value is -1.29. The third-order valence-electron chi connectivity index (χ3n) is 3.79. The fourth-order valence-corrected chi connectivity index (χ4v) is 2.23. The molecule has 1 aromatic rings. The number of hydrogen-bond acceptors (Lipinski definition) is 3. The quantitative estimate of drug-likeness (QED) is 0.867. The van der Waals surface area contributed by atoms with Gasteiger partial charge in [0.15, 0.2) is 0 Å². The highest BCUT2D eigenvalue weighted by atomic mass is 19.1. The largest absolute Gasteiger partial charge is 0.492 e. The molecule has 1 fully saturated rings. The molecule has 2 N–H and O–H groups in total. The number of benzene rings is 1. The molecule has 1 aliphatic carbocycles. The fourth-order valence-electron chi connectivity index (χ4n) is 2.23. The van der Waals surface area contributed by atoms with Gasteiger partial charge in [0.05, 0.1) is 18.4 Å². The first-order valence-electron chi connectivity index (χ1n) is 6.32. The maximum atomic E-state index is 13.2. The predicted molar refractivity (Wildman–Crippen MR) is 69.4 cm³/mol. The van der Waals surface area contributed by atoms with Crippen LogP contribution in [0.15, 0.2) is 18.2 Å². The number of hydrogen-bond donors (Lipinski definition) is 2. The summed E-state index contributed by atoms with van der Waals surface area (Å²) in [7, 11) is 0. The van der Waals surface area contributed by atoms with E-state index in [1.807, 2.05) is 20.8 Å². The van der Waals surface area contributed by atoms with Crippen LogP contribution >= 0.6 is 0 Å². The van der Waals surface area contributed by atoms with Gasteiger partial charge < -0.3 is 15.2 Å². The molecule has 18 heavy (non-hydrogen) atoms.